The zero-order valence-electron chi connectivity index (χ0n) is 13.6. The number of nitrogens with zero attached hydrogens (tertiary/aromatic N) is 1. The van der Waals surface area contributed by atoms with E-state index in [-0.39, 0.29) is 11.8 Å². The number of likely N-dealkylation sites (N-methyl/N-ethyl adjacent to an activating group) is 1. The molecule has 2 unspecified atom stereocenters. The Balaban J connectivity index is 4.19. The molecule has 0 aromatic rings. The van der Waals surface area contributed by atoms with Crippen molar-refractivity contribution in [3.05, 3.63) is 0 Å². The standard InChI is InChI=1S/C15H31N3O2/c1-6-18(5)15(20)12(4)17-14(19)8-7-13(9-10-16)11(2)3/h11-13H,6-10,16H2,1-5H3,(H,17,19). The summed E-state index contributed by atoms with van der Waals surface area (Å²) >= 11 is 0. The molecule has 0 aromatic carbocycles. The highest BCUT2D eigenvalue weighted by atomic mass is 16.2. The van der Waals surface area contributed by atoms with Gasteiger partial charge in [-0.1, -0.05) is 13.8 Å². The second-order valence-corrected chi connectivity index (χ2v) is 5.76. The van der Waals surface area contributed by atoms with E-state index in [1.54, 1.807) is 18.9 Å². The first-order valence-electron chi connectivity index (χ1n) is 7.57. The largest absolute Gasteiger partial charge is 0.345 e. The Morgan fingerprint density at radius 2 is 1.80 bits per heavy atom. The Bertz CT molecular complexity index is 305. The van der Waals surface area contributed by atoms with E-state index >= 15 is 0 Å². The molecular weight excluding hydrogens is 254 g/mol. The van der Waals surface area contributed by atoms with Crippen LogP contribution in [0.25, 0.3) is 0 Å². The highest BCUT2D eigenvalue weighted by Gasteiger charge is 2.19. The molecule has 0 aliphatic carbocycles. The van der Waals surface area contributed by atoms with Crippen LogP contribution in [0.3, 0.4) is 0 Å². The van der Waals surface area contributed by atoms with Gasteiger partial charge >= 0.3 is 0 Å². The van der Waals surface area contributed by atoms with Crippen molar-refractivity contribution < 1.29 is 9.59 Å². The molecule has 0 spiro atoms. The molecule has 2 atom stereocenters. The minimum atomic E-state index is -0.459. The van der Waals surface area contributed by atoms with E-state index in [2.05, 4.69) is 19.2 Å². The number of hydrogen-bond donors (Lipinski definition) is 2. The molecule has 0 aliphatic rings. The number of rotatable bonds is 9. The van der Waals surface area contributed by atoms with Crippen LogP contribution in [-0.4, -0.2) is 42.9 Å². The molecule has 0 fully saturated rings. The third kappa shape index (κ3) is 6.89. The topological polar surface area (TPSA) is 75.4 Å². The lowest BCUT2D eigenvalue weighted by Crippen LogP contribution is -2.45. The SMILES string of the molecule is CCN(C)C(=O)C(C)NC(=O)CCC(CCN)C(C)C. The maximum absolute atomic E-state index is 11.9. The van der Waals surface area contributed by atoms with Crippen molar-refractivity contribution in [2.45, 2.75) is 53.0 Å². The van der Waals surface area contributed by atoms with Gasteiger partial charge in [0.05, 0.1) is 0 Å². The second kappa shape index (κ2) is 9.75. The minimum Gasteiger partial charge on any atom is -0.345 e. The Kier molecular flexibility index (Phi) is 9.21. The molecule has 20 heavy (non-hydrogen) atoms. The van der Waals surface area contributed by atoms with E-state index in [0.29, 0.717) is 31.3 Å². The number of carbonyl (C=O) groups is 2. The summed E-state index contributed by atoms with van der Waals surface area (Å²) in [5, 5.41) is 2.77. The van der Waals surface area contributed by atoms with Crippen molar-refractivity contribution in [1.82, 2.24) is 10.2 Å². The van der Waals surface area contributed by atoms with Crippen molar-refractivity contribution >= 4 is 11.8 Å². The fourth-order valence-electron chi connectivity index (χ4n) is 2.20. The average molecular weight is 285 g/mol. The van der Waals surface area contributed by atoms with Gasteiger partial charge in [-0.05, 0) is 45.1 Å². The van der Waals surface area contributed by atoms with Crippen LogP contribution in [0, 0.1) is 11.8 Å². The van der Waals surface area contributed by atoms with Crippen molar-refractivity contribution in [3.8, 4) is 0 Å². The molecule has 118 valence electrons. The van der Waals surface area contributed by atoms with E-state index < -0.39 is 6.04 Å². The molecule has 0 saturated carbocycles. The monoisotopic (exact) mass is 285 g/mol. The van der Waals surface area contributed by atoms with Gasteiger partial charge in [0, 0.05) is 20.0 Å². The Morgan fingerprint density at radius 1 is 1.20 bits per heavy atom. The van der Waals surface area contributed by atoms with E-state index in [0.717, 1.165) is 12.8 Å². The van der Waals surface area contributed by atoms with Gasteiger partial charge in [0.1, 0.15) is 6.04 Å². The van der Waals surface area contributed by atoms with Gasteiger partial charge in [-0.2, -0.15) is 0 Å². The van der Waals surface area contributed by atoms with E-state index in [4.69, 9.17) is 5.73 Å². The van der Waals surface area contributed by atoms with Gasteiger partial charge in [0.2, 0.25) is 11.8 Å². The summed E-state index contributed by atoms with van der Waals surface area (Å²) in [6, 6.07) is -0.459. The van der Waals surface area contributed by atoms with Crippen LogP contribution in [0.5, 0.6) is 0 Å². The fourth-order valence-corrected chi connectivity index (χ4v) is 2.20. The van der Waals surface area contributed by atoms with Crippen LogP contribution in [0.4, 0.5) is 0 Å². The summed E-state index contributed by atoms with van der Waals surface area (Å²) in [6.07, 6.45) is 2.22. The van der Waals surface area contributed by atoms with Crippen LogP contribution in [-0.2, 0) is 9.59 Å². The van der Waals surface area contributed by atoms with Crippen molar-refractivity contribution in [1.29, 1.82) is 0 Å². The first kappa shape index (κ1) is 18.9. The van der Waals surface area contributed by atoms with Gasteiger partial charge in [-0.15, -0.1) is 0 Å². The normalized spacial score (nSPS) is 13.9. The number of hydrogen-bond acceptors (Lipinski definition) is 3. The van der Waals surface area contributed by atoms with Crippen LogP contribution in [0.1, 0.15) is 47.0 Å². The van der Waals surface area contributed by atoms with Crippen molar-refractivity contribution in [2.24, 2.45) is 17.6 Å². The smallest absolute Gasteiger partial charge is 0.244 e. The molecular formula is C15H31N3O2. The Labute approximate surface area is 123 Å². The van der Waals surface area contributed by atoms with E-state index in [1.807, 2.05) is 6.92 Å². The third-order valence-electron chi connectivity index (χ3n) is 3.82. The average Bonchev–Trinajstić information content (AvgIpc) is 2.41. The van der Waals surface area contributed by atoms with Gasteiger partial charge in [0.15, 0.2) is 0 Å². The first-order valence-corrected chi connectivity index (χ1v) is 7.57. The first-order chi connectivity index (χ1) is 9.33. The lowest BCUT2D eigenvalue weighted by molar-refractivity contribution is -0.134. The number of nitrogens with two attached hydrogens (primary N) is 1. The van der Waals surface area contributed by atoms with Crippen molar-refractivity contribution in [2.75, 3.05) is 20.1 Å². The maximum atomic E-state index is 11.9. The van der Waals surface area contributed by atoms with Crippen LogP contribution in [0.2, 0.25) is 0 Å². The zero-order chi connectivity index (χ0) is 15.7. The molecule has 0 saturated heterocycles. The highest BCUT2D eigenvalue weighted by Crippen LogP contribution is 2.20. The molecule has 5 nitrogen and oxygen atoms in total. The van der Waals surface area contributed by atoms with Gasteiger partial charge < -0.3 is 16.0 Å². The van der Waals surface area contributed by atoms with Crippen LogP contribution < -0.4 is 11.1 Å². The molecule has 0 heterocycles. The van der Waals surface area contributed by atoms with Gasteiger partial charge in [-0.25, -0.2) is 0 Å². The predicted molar refractivity (Wildman–Crippen MR) is 82.1 cm³/mol. The molecule has 5 heteroatoms. The molecule has 0 bridgehead atoms. The summed E-state index contributed by atoms with van der Waals surface area (Å²) in [5.41, 5.74) is 5.59. The second-order valence-electron chi connectivity index (χ2n) is 5.76. The molecule has 2 amide bonds. The number of carbonyl (C=O) groups excluding carboxylic acids is 2. The summed E-state index contributed by atoms with van der Waals surface area (Å²) in [4.78, 5) is 25.3. The summed E-state index contributed by atoms with van der Waals surface area (Å²) in [7, 11) is 1.74. The minimum absolute atomic E-state index is 0.0526. The summed E-state index contributed by atoms with van der Waals surface area (Å²) < 4.78 is 0. The van der Waals surface area contributed by atoms with Crippen molar-refractivity contribution in [3.63, 3.8) is 0 Å². The number of nitrogens with one attached hydrogen (secondary N) is 1. The summed E-state index contributed by atoms with van der Waals surface area (Å²) in [5.74, 6) is 0.882. The quantitative estimate of drug-likeness (QED) is 0.672. The summed E-state index contributed by atoms with van der Waals surface area (Å²) in [6.45, 7) is 9.24. The molecule has 0 radical (unpaired) electrons. The van der Waals surface area contributed by atoms with E-state index in [9.17, 15) is 9.59 Å². The highest BCUT2D eigenvalue weighted by molar-refractivity contribution is 5.87. The molecule has 0 aromatic heterocycles. The van der Waals surface area contributed by atoms with Crippen LogP contribution in [0.15, 0.2) is 0 Å². The van der Waals surface area contributed by atoms with Crippen LogP contribution >= 0.6 is 0 Å². The lowest BCUT2D eigenvalue weighted by atomic mass is 9.88. The van der Waals surface area contributed by atoms with Gasteiger partial charge in [-0.3, -0.25) is 9.59 Å². The van der Waals surface area contributed by atoms with Gasteiger partial charge in [0.25, 0.3) is 0 Å². The predicted octanol–water partition coefficient (Wildman–Crippen LogP) is 1.37. The van der Waals surface area contributed by atoms with E-state index in [1.165, 1.54) is 0 Å². The molecule has 0 aliphatic heterocycles. The number of amides is 2. The maximum Gasteiger partial charge on any atom is 0.244 e. The third-order valence-corrected chi connectivity index (χ3v) is 3.82. The zero-order valence-corrected chi connectivity index (χ0v) is 13.6. The Morgan fingerprint density at radius 3 is 2.25 bits per heavy atom. The molecule has 3 N–H and O–H groups in total. The Hall–Kier alpha value is -1.10. The lowest BCUT2D eigenvalue weighted by Gasteiger charge is -2.22. The fraction of sp³-hybridized carbons (Fsp3) is 0.867. The molecule has 0 rings (SSSR count).